The number of carbonyl (C=O) groups is 2. The molecule has 4 rings (SSSR count). The lowest BCUT2D eigenvalue weighted by atomic mass is 9.99. The highest BCUT2D eigenvalue weighted by Crippen LogP contribution is 2.38. The fraction of sp³-hybridized carbons (Fsp3) is 0.321. The van der Waals surface area contributed by atoms with Crippen LogP contribution in [0.2, 0.25) is 0 Å². The summed E-state index contributed by atoms with van der Waals surface area (Å²) in [5.74, 6) is 0.189. The van der Waals surface area contributed by atoms with Crippen LogP contribution in [0.1, 0.15) is 38.8 Å². The van der Waals surface area contributed by atoms with Gasteiger partial charge in [0.25, 0.3) is 0 Å². The predicted octanol–water partition coefficient (Wildman–Crippen LogP) is 3.92. The molecule has 0 aliphatic rings. The highest BCUT2D eigenvalue weighted by atomic mass is 16.5. The Kier molecular flexibility index (Phi) is 7.90. The monoisotopic (exact) mass is 516 g/mol. The average molecular weight is 517 g/mol. The van der Waals surface area contributed by atoms with Crippen molar-refractivity contribution in [3.8, 4) is 11.5 Å². The highest BCUT2D eigenvalue weighted by molar-refractivity contribution is 6.02. The van der Waals surface area contributed by atoms with Gasteiger partial charge in [-0.15, -0.1) is 5.10 Å². The van der Waals surface area contributed by atoms with Crippen molar-refractivity contribution in [1.29, 1.82) is 0 Å². The summed E-state index contributed by atoms with van der Waals surface area (Å²) in [6.45, 7) is 5.71. The van der Waals surface area contributed by atoms with Gasteiger partial charge in [-0.2, -0.15) is 0 Å². The van der Waals surface area contributed by atoms with Crippen LogP contribution in [0.5, 0.6) is 11.5 Å². The molecule has 2 aromatic heterocycles. The minimum absolute atomic E-state index is 0.156. The molecule has 198 valence electrons. The molecule has 1 N–H and O–H groups in total. The number of methoxy groups -OCH3 is 2. The molecule has 1 unspecified atom stereocenters. The molecule has 0 spiro atoms. The SMILES string of the molecule is CCC(C)(C)NC(=O)C(c1cccnc1)N(C(=O)Cn1nnc2ccccc21)c1ccc(OC)cc1OC. The summed E-state index contributed by atoms with van der Waals surface area (Å²) in [6.07, 6.45) is 3.91. The van der Waals surface area contributed by atoms with E-state index in [1.54, 1.807) is 49.8 Å². The largest absolute Gasteiger partial charge is 0.497 e. The van der Waals surface area contributed by atoms with E-state index < -0.39 is 11.6 Å². The minimum atomic E-state index is -1.04. The van der Waals surface area contributed by atoms with Crippen LogP contribution < -0.4 is 19.7 Å². The molecule has 1 atom stereocenters. The maximum atomic E-state index is 14.2. The van der Waals surface area contributed by atoms with E-state index in [0.29, 0.717) is 40.2 Å². The second kappa shape index (κ2) is 11.3. The van der Waals surface area contributed by atoms with Crippen molar-refractivity contribution >= 4 is 28.5 Å². The number of para-hydroxylation sites is 1. The van der Waals surface area contributed by atoms with Gasteiger partial charge >= 0.3 is 0 Å². The van der Waals surface area contributed by atoms with Crippen LogP contribution in [0.3, 0.4) is 0 Å². The first-order chi connectivity index (χ1) is 18.3. The normalized spacial score (nSPS) is 12.1. The van der Waals surface area contributed by atoms with Crippen molar-refractivity contribution in [2.24, 2.45) is 0 Å². The van der Waals surface area contributed by atoms with Crippen molar-refractivity contribution in [1.82, 2.24) is 25.3 Å². The lowest BCUT2D eigenvalue weighted by Gasteiger charge is -2.35. The molecule has 0 bridgehead atoms. The van der Waals surface area contributed by atoms with Gasteiger partial charge in [0.15, 0.2) is 0 Å². The van der Waals surface area contributed by atoms with Crippen LogP contribution in [0.15, 0.2) is 67.0 Å². The lowest BCUT2D eigenvalue weighted by molar-refractivity contribution is -0.128. The number of pyridine rings is 1. The third kappa shape index (κ3) is 5.59. The predicted molar refractivity (Wildman–Crippen MR) is 144 cm³/mol. The van der Waals surface area contributed by atoms with E-state index in [-0.39, 0.29) is 18.4 Å². The van der Waals surface area contributed by atoms with E-state index in [9.17, 15) is 9.59 Å². The zero-order valence-corrected chi connectivity index (χ0v) is 22.2. The number of amides is 2. The summed E-state index contributed by atoms with van der Waals surface area (Å²) in [7, 11) is 3.05. The maximum Gasteiger partial charge on any atom is 0.249 e. The fourth-order valence-electron chi connectivity index (χ4n) is 4.09. The first-order valence-electron chi connectivity index (χ1n) is 12.3. The first kappa shape index (κ1) is 26.6. The smallest absolute Gasteiger partial charge is 0.249 e. The fourth-order valence-corrected chi connectivity index (χ4v) is 4.09. The van der Waals surface area contributed by atoms with Gasteiger partial charge in [-0.05, 0) is 50.6 Å². The molecule has 4 aromatic rings. The van der Waals surface area contributed by atoms with Crippen LogP contribution in [-0.4, -0.2) is 51.6 Å². The molecule has 0 aliphatic heterocycles. The van der Waals surface area contributed by atoms with Gasteiger partial charge in [-0.1, -0.05) is 30.3 Å². The Morgan fingerprint density at radius 1 is 1.08 bits per heavy atom. The number of carbonyl (C=O) groups excluding carboxylic acids is 2. The molecule has 10 heteroatoms. The Labute approximate surface area is 221 Å². The number of benzene rings is 2. The molecule has 0 fully saturated rings. The topological polar surface area (TPSA) is 111 Å². The molecule has 2 heterocycles. The third-order valence-electron chi connectivity index (χ3n) is 6.47. The van der Waals surface area contributed by atoms with E-state index in [0.717, 1.165) is 0 Å². The number of hydrogen-bond acceptors (Lipinski definition) is 7. The number of aromatic nitrogens is 4. The van der Waals surface area contributed by atoms with E-state index in [4.69, 9.17) is 9.47 Å². The number of anilines is 1. The van der Waals surface area contributed by atoms with Gasteiger partial charge in [-0.25, -0.2) is 4.68 Å². The second-order valence-corrected chi connectivity index (χ2v) is 9.45. The average Bonchev–Trinajstić information content (AvgIpc) is 3.34. The molecular formula is C28H32N6O4. The molecule has 0 saturated carbocycles. The summed E-state index contributed by atoms with van der Waals surface area (Å²) in [5.41, 5.74) is 1.82. The highest BCUT2D eigenvalue weighted by Gasteiger charge is 2.37. The van der Waals surface area contributed by atoms with E-state index in [1.165, 1.54) is 16.7 Å². The zero-order chi connectivity index (χ0) is 27.3. The number of nitrogens with one attached hydrogen (secondary N) is 1. The van der Waals surface area contributed by atoms with Crippen molar-refractivity contribution in [2.45, 2.75) is 45.3 Å². The Bertz CT molecular complexity index is 1420. The van der Waals surface area contributed by atoms with Gasteiger partial charge in [0.1, 0.15) is 29.6 Å². The van der Waals surface area contributed by atoms with Crippen molar-refractivity contribution in [3.05, 3.63) is 72.6 Å². The summed E-state index contributed by atoms with van der Waals surface area (Å²) in [5, 5.41) is 11.5. The van der Waals surface area contributed by atoms with Crippen LogP contribution in [0, 0.1) is 0 Å². The number of rotatable bonds is 10. The molecule has 0 radical (unpaired) electrons. The zero-order valence-electron chi connectivity index (χ0n) is 22.2. The number of fused-ring (bicyclic) bond motifs is 1. The molecule has 0 aliphatic carbocycles. The Morgan fingerprint density at radius 2 is 1.87 bits per heavy atom. The van der Waals surface area contributed by atoms with Crippen LogP contribution >= 0.6 is 0 Å². The quantitative estimate of drug-likeness (QED) is 0.340. The summed E-state index contributed by atoms with van der Waals surface area (Å²) in [4.78, 5) is 33.8. The second-order valence-electron chi connectivity index (χ2n) is 9.45. The summed E-state index contributed by atoms with van der Waals surface area (Å²) < 4.78 is 12.5. The Morgan fingerprint density at radius 3 is 2.55 bits per heavy atom. The minimum Gasteiger partial charge on any atom is -0.497 e. The van der Waals surface area contributed by atoms with Crippen LogP contribution in [0.25, 0.3) is 11.0 Å². The third-order valence-corrected chi connectivity index (χ3v) is 6.47. The first-order valence-corrected chi connectivity index (χ1v) is 12.3. The molecule has 0 saturated heterocycles. The van der Waals surface area contributed by atoms with Crippen molar-refractivity contribution in [2.75, 3.05) is 19.1 Å². The lowest BCUT2D eigenvalue weighted by Crippen LogP contribution is -2.51. The molecule has 10 nitrogen and oxygen atoms in total. The van der Waals surface area contributed by atoms with Gasteiger partial charge < -0.3 is 14.8 Å². The van der Waals surface area contributed by atoms with Gasteiger partial charge in [-0.3, -0.25) is 19.5 Å². The van der Waals surface area contributed by atoms with Crippen LogP contribution in [0.4, 0.5) is 5.69 Å². The van der Waals surface area contributed by atoms with Crippen molar-refractivity contribution < 1.29 is 19.1 Å². The summed E-state index contributed by atoms with van der Waals surface area (Å²) in [6, 6.07) is 15.0. The van der Waals surface area contributed by atoms with E-state index in [1.807, 2.05) is 45.0 Å². The van der Waals surface area contributed by atoms with Crippen LogP contribution in [-0.2, 0) is 16.1 Å². The van der Waals surface area contributed by atoms with Gasteiger partial charge in [0.2, 0.25) is 11.8 Å². The number of nitrogens with zero attached hydrogens (tertiary/aromatic N) is 5. The molecular weight excluding hydrogens is 484 g/mol. The Hall–Kier alpha value is -4.47. The molecule has 2 amide bonds. The number of hydrogen-bond donors (Lipinski definition) is 1. The molecule has 2 aromatic carbocycles. The van der Waals surface area contributed by atoms with Crippen molar-refractivity contribution in [3.63, 3.8) is 0 Å². The van der Waals surface area contributed by atoms with E-state index >= 15 is 0 Å². The standard InChI is InChI=1S/C28H32N6O4/c1-6-28(2,3)30-27(36)26(19-10-9-15-29-17-19)34(23-14-13-20(37-4)16-24(23)38-5)25(35)18-33-22-12-8-7-11-21(22)31-32-33/h7-17,26H,6,18H2,1-5H3,(H,30,36). The summed E-state index contributed by atoms with van der Waals surface area (Å²) >= 11 is 0. The number of ether oxygens (including phenoxy) is 2. The van der Waals surface area contributed by atoms with Gasteiger partial charge in [0.05, 0.1) is 25.4 Å². The van der Waals surface area contributed by atoms with E-state index in [2.05, 4.69) is 20.6 Å². The molecule has 38 heavy (non-hydrogen) atoms. The maximum absolute atomic E-state index is 14.2. The Balaban J connectivity index is 1.87. The van der Waals surface area contributed by atoms with Gasteiger partial charge in [0, 0.05) is 29.6 Å².